The summed E-state index contributed by atoms with van der Waals surface area (Å²) in [5.41, 5.74) is 4.30. The van der Waals surface area contributed by atoms with Crippen LogP contribution in [-0.4, -0.2) is 23.1 Å². The van der Waals surface area contributed by atoms with Crippen molar-refractivity contribution in [3.63, 3.8) is 0 Å². The molecule has 0 aromatic heterocycles. The lowest BCUT2D eigenvalue weighted by atomic mass is 10.1. The van der Waals surface area contributed by atoms with Crippen LogP contribution in [0.25, 0.3) is 0 Å². The highest BCUT2D eigenvalue weighted by atomic mass is 16.3. The van der Waals surface area contributed by atoms with E-state index in [9.17, 15) is 14.7 Å². The Bertz CT molecular complexity index is 755. The number of nitrogens with zero attached hydrogens (tertiary/aromatic N) is 1. The van der Waals surface area contributed by atoms with Gasteiger partial charge in [0, 0.05) is 11.3 Å². The number of hydrogen-bond donors (Lipinski definition) is 3. The molecule has 0 spiro atoms. The first-order valence-corrected chi connectivity index (χ1v) is 8.11. The molecule has 6 nitrogen and oxygen atoms in total. The van der Waals surface area contributed by atoms with Crippen molar-refractivity contribution in [2.24, 2.45) is 5.10 Å². The molecule has 0 aliphatic carbocycles. The van der Waals surface area contributed by atoms with Gasteiger partial charge >= 0.3 is 11.8 Å². The van der Waals surface area contributed by atoms with E-state index in [0.29, 0.717) is 11.3 Å². The van der Waals surface area contributed by atoms with Crippen molar-refractivity contribution in [2.75, 3.05) is 5.32 Å². The highest BCUT2D eigenvalue weighted by Gasteiger charge is 2.12. The van der Waals surface area contributed by atoms with E-state index in [0.717, 1.165) is 19.3 Å². The predicted molar refractivity (Wildman–Crippen MR) is 97.5 cm³/mol. The molecule has 2 rings (SSSR count). The summed E-state index contributed by atoms with van der Waals surface area (Å²) in [5.74, 6) is -1.66. The van der Waals surface area contributed by atoms with Gasteiger partial charge in [-0.1, -0.05) is 37.6 Å². The molecule has 0 unspecified atom stereocenters. The number of anilines is 1. The van der Waals surface area contributed by atoms with E-state index in [2.05, 4.69) is 22.8 Å². The van der Waals surface area contributed by atoms with Crippen molar-refractivity contribution < 1.29 is 14.7 Å². The number of benzene rings is 2. The quantitative estimate of drug-likeness (QED) is 0.429. The lowest BCUT2D eigenvalue weighted by molar-refractivity contribution is -0.136. The van der Waals surface area contributed by atoms with Crippen LogP contribution in [0.15, 0.2) is 53.6 Å². The van der Waals surface area contributed by atoms with Crippen molar-refractivity contribution in [1.29, 1.82) is 0 Å². The second-order valence-electron chi connectivity index (χ2n) is 5.51. The number of nitrogens with one attached hydrogen (secondary N) is 2. The van der Waals surface area contributed by atoms with Crippen molar-refractivity contribution >= 4 is 23.7 Å². The number of phenols is 1. The maximum atomic E-state index is 11.8. The van der Waals surface area contributed by atoms with Crippen LogP contribution >= 0.6 is 0 Å². The largest absolute Gasteiger partial charge is 0.507 e. The van der Waals surface area contributed by atoms with Crippen molar-refractivity contribution in [2.45, 2.75) is 26.2 Å². The van der Waals surface area contributed by atoms with E-state index in [1.807, 2.05) is 12.1 Å². The van der Waals surface area contributed by atoms with Gasteiger partial charge in [-0.05, 0) is 42.7 Å². The fraction of sp³-hybridized carbons (Fsp3) is 0.211. The van der Waals surface area contributed by atoms with Crippen LogP contribution in [0, 0.1) is 0 Å². The molecule has 2 aromatic rings. The molecule has 0 radical (unpaired) electrons. The number of unbranched alkanes of at least 4 members (excludes halogenated alkanes) is 1. The smallest absolute Gasteiger partial charge is 0.329 e. The predicted octanol–water partition coefficient (Wildman–Crippen LogP) is 2.82. The Hall–Kier alpha value is -3.15. The number of hydrogen-bond acceptors (Lipinski definition) is 4. The summed E-state index contributed by atoms with van der Waals surface area (Å²) in [6.45, 7) is 2.13. The number of carbonyl (C=O) groups excluding carboxylic acids is 2. The summed E-state index contributed by atoms with van der Waals surface area (Å²) in [5, 5.41) is 15.8. The van der Waals surface area contributed by atoms with Gasteiger partial charge in [-0.25, -0.2) is 5.43 Å². The minimum Gasteiger partial charge on any atom is -0.507 e. The second-order valence-corrected chi connectivity index (χ2v) is 5.51. The Morgan fingerprint density at radius 1 is 1.08 bits per heavy atom. The first-order chi connectivity index (χ1) is 12.1. The fourth-order valence-electron chi connectivity index (χ4n) is 2.13. The third-order valence-electron chi connectivity index (χ3n) is 3.54. The number of hydrazone groups is 1. The third-order valence-corrected chi connectivity index (χ3v) is 3.54. The molecule has 3 N–H and O–H groups in total. The van der Waals surface area contributed by atoms with Crippen LogP contribution in [0.3, 0.4) is 0 Å². The molecule has 6 heteroatoms. The Morgan fingerprint density at radius 2 is 1.80 bits per heavy atom. The average Bonchev–Trinajstić information content (AvgIpc) is 2.62. The minimum atomic E-state index is -0.887. The van der Waals surface area contributed by atoms with E-state index < -0.39 is 11.8 Å². The van der Waals surface area contributed by atoms with Gasteiger partial charge < -0.3 is 10.4 Å². The number of para-hydroxylation sites is 1. The number of rotatable bonds is 6. The van der Waals surface area contributed by atoms with E-state index in [1.165, 1.54) is 17.8 Å². The summed E-state index contributed by atoms with van der Waals surface area (Å²) in [6, 6.07) is 13.9. The topological polar surface area (TPSA) is 90.8 Å². The van der Waals surface area contributed by atoms with Gasteiger partial charge in [0.1, 0.15) is 5.75 Å². The molecule has 0 aliphatic heterocycles. The summed E-state index contributed by atoms with van der Waals surface area (Å²) in [6.07, 6.45) is 4.50. The molecule has 25 heavy (non-hydrogen) atoms. The van der Waals surface area contributed by atoms with Gasteiger partial charge in [0.25, 0.3) is 0 Å². The van der Waals surface area contributed by atoms with E-state index >= 15 is 0 Å². The molecule has 0 fully saturated rings. The maximum absolute atomic E-state index is 11.8. The zero-order chi connectivity index (χ0) is 18.1. The number of phenolic OH excluding ortho intramolecular Hbond substituents is 1. The van der Waals surface area contributed by atoms with Crippen LogP contribution in [0.5, 0.6) is 5.75 Å². The molecule has 0 bridgehead atoms. The Labute approximate surface area is 146 Å². The Morgan fingerprint density at radius 3 is 2.48 bits per heavy atom. The molecule has 0 atom stereocenters. The highest BCUT2D eigenvalue weighted by Crippen LogP contribution is 2.13. The summed E-state index contributed by atoms with van der Waals surface area (Å²) < 4.78 is 0. The summed E-state index contributed by atoms with van der Waals surface area (Å²) >= 11 is 0. The molecular weight excluding hydrogens is 318 g/mol. The lowest BCUT2D eigenvalue weighted by Crippen LogP contribution is -2.32. The molecule has 130 valence electrons. The van der Waals surface area contributed by atoms with Crippen molar-refractivity contribution in [3.8, 4) is 5.75 Å². The Kier molecular flexibility index (Phi) is 6.71. The molecular formula is C19H21N3O3. The standard InChI is InChI=1S/C19H21N3O3/c1-2-3-6-14-9-11-16(12-10-14)21-18(24)19(25)22-20-13-15-7-4-5-8-17(15)23/h4-5,7-13,23H,2-3,6H2,1H3,(H,21,24)(H,22,25). The zero-order valence-electron chi connectivity index (χ0n) is 14.0. The van der Waals surface area contributed by atoms with Crippen LogP contribution in [0.4, 0.5) is 5.69 Å². The van der Waals surface area contributed by atoms with Crippen LogP contribution in [-0.2, 0) is 16.0 Å². The van der Waals surface area contributed by atoms with Crippen LogP contribution in [0.2, 0.25) is 0 Å². The van der Waals surface area contributed by atoms with E-state index in [1.54, 1.807) is 30.3 Å². The molecule has 0 aliphatic rings. The van der Waals surface area contributed by atoms with Crippen molar-refractivity contribution in [3.05, 3.63) is 59.7 Å². The summed E-state index contributed by atoms with van der Waals surface area (Å²) in [7, 11) is 0. The van der Waals surface area contributed by atoms with Gasteiger partial charge in [-0.2, -0.15) is 5.10 Å². The third kappa shape index (κ3) is 5.76. The SMILES string of the molecule is CCCCc1ccc(NC(=O)C(=O)NN=Cc2ccccc2O)cc1. The minimum absolute atomic E-state index is 0.0353. The number of carbonyl (C=O) groups is 2. The maximum Gasteiger partial charge on any atom is 0.329 e. The van der Waals surface area contributed by atoms with Gasteiger partial charge in [0.05, 0.1) is 6.21 Å². The first-order valence-electron chi connectivity index (χ1n) is 8.11. The molecule has 0 saturated carbocycles. The van der Waals surface area contributed by atoms with E-state index in [4.69, 9.17) is 0 Å². The van der Waals surface area contributed by atoms with E-state index in [-0.39, 0.29) is 5.75 Å². The molecule has 2 aromatic carbocycles. The first kappa shape index (κ1) is 18.2. The number of aryl methyl sites for hydroxylation is 1. The van der Waals surface area contributed by atoms with Crippen LogP contribution < -0.4 is 10.7 Å². The Balaban J connectivity index is 1.85. The highest BCUT2D eigenvalue weighted by molar-refractivity contribution is 6.39. The van der Waals surface area contributed by atoms with Gasteiger partial charge in [-0.15, -0.1) is 0 Å². The number of aromatic hydroxyl groups is 1. The summed E-state index contributed by atoms with van der Waals surface area (Å²) in [4.78, 5) is 23.6. The lowest BCUT2D eigenvalue weighted by Gasteiger charge is -2.05. The van der Waals surface area contributed by atoms with Gasteiger partial charge in [0.2, 0.25) is 0 Å². The zero-order valence-corrected chi connectivity index (χ0v) is 14.0. The van der Waals surface area contributed by atoms with Crippen molar-refractivity contribution in [1.82, 2.24) is 5.43 Å². The van der Waals surface area contributed by atoms with Gasteiger partial charge in [-0.3, -0.25) is 9.59 Å². The number of amides is 2. The van der Waals surface area contributed by atoms with Gasteiger partial charge in [0.15, 0.2) is 0 Å². The van der Waals surface area contributed by atoms with Crippen LogP contribution in [0.1, 0.15) is 30.9 Å². The average molecular weight is 339 g/mol. The normalized spacial score (nSPS) is 10.6. The molecule has 2 amide bonds. The second kappa shape index (κ2) is 9.22. The molecule has 0 heterocycles. The monoisotopic (exact) mass is 339 g/mol. The molecule has 0 saturated heterocycles. The fourth-order valence-corrected chi connectivity index (χ4v) is 2.13.